The molecule has 0 aliphatic carbocycles. The number of benzene rings is 1. The van der Waals surface area contributed by atoms with Gasteiger partial charge in [-0.15, -0.1) is 11.3 Å². The molecule has 1 aromatic carbocycles. The highest BCUT2D eigenvalue weighted by atomic mass is 35.5. The first kappa shape index (κ1) is 12.7. The van der Waals surface area contributed by atoms with Crippen molar-refractivity contribution in [3.05, 3.63) is 50.9 Å². The summed E-state index contributed by atoms with van der Waals surface area (Å²) < 4.78 is 0. The second kappa shape index (κ2) is 5.29. The number of nitrogen functional groups attached to an aromatic ring is 1. The Bertz CT molecular complexity index is 604. The predicted octanol–water partition coefficient (Wildman–Crippen LogP) is 0.731. The summed E-state index contributed by atoms with van der Waals surface area (Å²) in [6.07, 6.45) is 0. The van der Waals surface area contributed by atoms with Crippen molar-refractivity contribution >= 4 is 34.7 Å². The molecule has 1 amide bonds. The van der Waals surface area contributed by atoms with Crippen LogP contribution in [0.2, 0.25) is 5.02 Å². The van der Waals surface area contributed by atoms with Gasteiger partial charge in [0.2, 0.25) is 0 Å². The van der Waals surface area contributed by atoms with Crippen molar-refractivity contribution in [2.24, 2.45) is 5.73 Å². The molecule has 0 bridgehead atoms. The van der Waals surface area contributed by atoms with Crippen LogP contribution in [0.3, 0.4) is 0 Å². The highest BCUT2D eigenvalue weighted by Crippen LogP contribution is 2.08. The van der Waals surface area contributed by atoms with Crippen molar-refractivity contribution in [3.8, 4) is 0 Å². The van der Waals surface area contributed by atoms with Gasteiger partial charge in [-0.25, -0.2) is 14.8 Å². The zero-order valence-corrected chi connectivity index (χ0v) is 11.2. The lowest BCUT2D eigenvalue weighted by atomic mass is 10.2. The van der Waals surface area contributed by atoms with Crippen molar-refractivity contribution in [3.63, 3.8) is 0 Å². The van der Waals surface area contributed by atoms with Crippen LogP contribution in [0, 0.1) is 6.92 Å². The lowest BCUT2D eigenvalue weighted by Crippen LogP contribution is -2.79. The lowest BCUT2D eigenvalue weighted by Gasteiger charge is -1.94. The van der Waals surface area contributed by atoms with Crippen LogP contribution in [0.1, 0.15) is 21.1 Å². The van der Waals surface area contributed by atoms with Gasteiger partial charge in [0.1, 0.15) is 0 Å². The Morgan fingerprint density at radius 3 is 2.61 bits per heavy atom. The number of rotatable bonds is 2. The number of hydrogen-bond donors (Lipinski definition) is 2. The quantitative estimate of drug-likeness (QED) is 0.629. The van der Waals surface area contributed by atoms with Gasteiger partial charge in [0.25, 0.3) is 5.84 Å². The van der Waals surface area contributed by atoms with E-state index in [1.807, 2.05) is 6.92 Å². The maximum atomic E-state index is 11.9. The van der Waals surface area contributed by atoms with E-state index in [2.05, 4.69) is 9.98 Å². The van der Waals surface area contributed by atoms with Gasteiger partial charge in [-0.1, -0.05) is 11.6 Å². The maximum absolute atomic E-state index is 11.9. The molecule has 3 N–H and O–H groups in total. The van der Waals surface area contributed by atoms with E-state index >= 15 is 0 Å². The summed E-state index contributed by atoms with van der Waals surface area (Å²) in [7, 11) is 0. The lowest BCUT2D eigenvalue weighted by molar-refractivity contribution is -0.345. The van der Waals surface area contributed by atoms with Gasteiger partial charge < -0.3 is 0 Å². The average molecular weight is 281 g/mol. The monoisotopic (exact) mass is 280 g/mol. The number of aromatic nitrogens is 1. The number of amidine groups is 1. The standard InChI is InChI=1S/C12H10ClN3OS/c1-7-15-10(6-18-7)11(14)16-12(17)8-2-4-9(13)5-3-8/h2-6H,1H3,(H2,14,16,17)/p+1. The van der Waals surface area contributed by atoms with Crippen LogP contribution in [-0.4, -0.2) is 16.7 Å². The van der Waals surface area contributed by atoms with Crippen molar-refractivity contribution in [1.82, 2.24) is 4.98 Å². The van der Waals surface area contributed by atoms with Crippen LogP contribution in [0.25, 0.3) is 0 Å². The molecule has 0 fully saturated rings. The van der Waals surface area contributed by atoms with E-state index in [9.17, 15) is 4.79 Å². The summed E-state index contributed by atoms with van der Waals surface area (Å²) in [5.41, 5.74) is 6.86. The van der Waals surface area contributed by atoms with Gasteiger partial charge in [-0.2, -0.15) is 0 Å². The summed E-state index contributed by atoms with van der Waals surface area (Å²) in [6, 6.07) is 6.58. The first-order valence-corrected chi connectivity index (χ1v) is 6.44. The van der Waals surface area contributed by atoms with Crippen LogP contribution in [-0.2, 0) is 0 Å². The number of halogens is 1. The summed E-state index contributed by atoms with van der Waals surface area (Å²) >= 11 is 7.23. The number of nitrogens with zero attached hydrogens (tertiary/aromatic N) is 1. The number of thiazole rings is 1. The summed E-state index contributed by atoms with van der Waals surface area (Å²) in [6.45, 7) is 1.88. The molecule has 6 heteroatoms. The fraction of sp³-hybridized carbons (Fsp3) is 0.0833. The molecule has 4 nitrogen and oxygen atoms in total. The van der Waals surface area contributed by atoms with Gasteiger partial charge in [0.05, 0.1) is 10.6 Å². The third-order valence-corrected chi connectivity index (χ3v) is 3.28. The number of nitrogens with two attached hydrogens (primary N) is 1. The molecular formula is C12H11ClN3OS+. The topological polar surface area (TPSA) is 69.9 Å². The molecule has 0 aliphatic heterocycles. The normalized spacial score (nSPS) is 11.6. The molecule has 0 saturated heterocycles. The second-order valence-corrected chi connectivity index (χ2v) is 5.13. The van der Waals surface area contributed by atoms with Crippen molar-refractivity contribution < 1.29 is 9.79 Å². The van der Waals surface area contributed by atoms with E-state index in [0.717, 1.165) is 5.01 Å². The van der Waals surface area contributed by atoms with Crippen LogP contribution in [0.5, 0.6) is 0 Å². The first-order valence-electron chi connectivity index (χ1n) is 5.18. The van der Waals surface area contributed by atoms with E-state index in [-0.39, 0.29) is 11.7 Å². The van der Waals surface area contributed by atoms with Crippen LogP contribution >= 0.6 is 22.9 Å². The van der Waals surface area contributed by atoms with Gasteiger partial charge >= 0.3 is 5.91 Å². The van der Waals surface area contributed by atoms with Crippen LogP contribution < -0.4 is 10.7 Å². The maximum Gasteiger partial charge on any atom is 0.339 e. The molecule has 0 radical (unpaired) electrons. The smallest absolute Gasteiger partial charge is 0.285 e. The van der Waals surface area contributed by atoms with E-state index < -0.39 is 0 Å². The molecule has 2 rings (SSSR count). The van der Waals surface area contributed by atoms with Gasteiger partial charge in [-0.3, -0.25) is 5.73 Å². The van der Waals surface area contributed by atoms with Crippen LogP contribution in [0.4, 0.5) is 0 Å². The van der Waals surface area contributed by atoms with Crippen LogP contribution in [0.15, 0.2) is 29.6 Å². The summed E-state index contributed by atoms with van der Waals surface area (Å²) in [4.78, 5) is 18.7. The highest BCUT2D eigenvalue weighted by Gasteiger charge is 2.13. The number of amides is 1. The minimum absolute atomic E-state index is 0.249. The number of aryl methyl sites for hydroxylation is 1. The van der Waals surface area contributed by atoms with E-state index in [4.69, 9.17) is 17.3 Å². The molecule has 0 saturated carbocycles. The van der Waals surface area contributed by atoms with Gasteiger partial charge in [0, 0.05) is 10.4 Å². The zero-order valence-electron chi connectivity index (χ0n) is 9.61. The number of carbonyl (C=O) groups excluding carboxylic acids is 1. The fourth-order valence-electron chi connectivity index (χ4n) is 1.35. The molecule has 1 aromatic heterocycles. The molecule has 1 heterocycles. The number of nitrogens with one attached hydrogen (secondary N) is 1. The largest absolute Gasteiger partial charge is 0.339 e. The number of hydrogen-bond acceptors (Lipinski definition) is 3. The van der Waals surface area contributed by atoms with Crippen molar-refractivity contribution in [2.45, 2.75) is 6.92 Å². The number of carbonyl (C=O) groups is 1. The highest BCUT2D eigenvalue weighted by molar-refractivity contribution is 7.09. The third kappa shape index (κ3) is 2.94. The Kier molecular flexibility index (Phi) is 3.74. The molecule has 92 valence electrons. The van der Waals surface area contributed by atoms with E-state index in [1.165, 1.54) is 11.3 Å². The fourth-order valence-corrected chi connectivity index (χ4v) is 2.09. The summed E-state index contributed by atoms with van der Waals surface area (Å²) in [5.74, 6) is -0.0332. The Morgan fingerprint density at radius 1 is 1.39 bits per heavy atom. The van der Waals surface area contributed by atoms with Crippen molar-refractivity contribution in [2.75, 3.05) is 0 Å². The Balaban J connectivity index is 2.22. The molecule has 0 spiro atoms. The third-order valence-electron chi connectivity index (χ3n) is 2.25. The molecular weight excluding hydrogens is 270 g/mol. The van der Waals surface area contributed by atoms with E-state index in [1.54, 1.807) is 29.6 Å². The molecule has 0 aliphatic rings. The van der Waals surface area contributed by atoms with Gasteiger partial charge in [-0.05, 0) is 31.2 Å². The Hall–Kier alpha value is -1.72. The minimum Gasteiger partial charge on any atom is -0.285 e. The second-order valence-electron chi connectivity index (χ2n) is 3.63. The molecule has 0 unspecified atom stereocenters. The van der Waals surface area contributed by atoms with Gasteiger partial charge in [0.15, 0.2) is 5.69 Å². The van der Waals surface area contributed by atoms with Crippen molar-refractivity contribution in [1.29, 1.82) is 0 Å². The Morgan fingerprint density at radius 2 is 2.06 bits per heavy atom. The predicted molar refractivity (Wildman–Crippen MR) is 71.9 cm³/mol. The SMILES string of the molecule is Cc1nc(C(N)=[NH+]C(=O)c2ccc(Cl)cc2)cs1. The molecule has 2 aromatic rings. The first-order chi connectivity index (χ1) is 8.56. The molecule has 18 heavy (non-hydrogen) atoms. The minimum atomic E-state index is -0.283. The van der Waals surface area contributed by atoms with E-state index in [0.29, 0.717) is 16.3 Å². The summed E-state index contributed by atoms with van der Waals surface area (Å²) in [5, 5.41) is 3.28. The average Bonchev–Trinajstić information content (AvgIpc) is 2.76. The molecule has 0 atom stereocenters. The zero-order chi connectivity index (χ0) is 13.1. The Labute approximate surface area is 113 Å².